The van der Waals surface area contributed by atoms with Crippen LogP contribution in [0.1, 0.15) is 18.1 Å². The lowest BCUT2D eigenvalue weighted by molar-refractivity contribution is 0.306. The molecule has 0 amide bonds. The molecule has 0 aliphatic carbocycles. The molecule has 0 unspecified atom stereocenters. The van der Waals surface area contributed by atoms with Gasteiger partial charge in [0.25, 0.3) is 0 Å². The van der Waals surface area contributed by atoms with Crippen LogP contribution in [0.5, 0.6) is 5.75 Å². The van der Waals surface area contributed by atoms with Crippen molar-refractivity contribution in [2.45, 2.75) is 20.0 Å². The van der Waals surface area contributed by atoms with Crippen molar-refractivity contribution in [2.75, 3.05) is 12.4 Å². The highest BCUT2D eigenvalue weighted by Crippen LogP contribution is 2.17. The maximum atomic E-state index is 5.75. The Morgan fingerprint density at radius 2 is 1.94 bits per heavy atom. The summed E-state index contributed by atoms with van der Waals surface area (Å²) in [4.78, 5) is 4.25. The molecule has 3 heteroatoms. The lowest BCUT2D eigenvalue weighted by Crippen LogP contribution is -2.02. The standard InChI is InChI=1S/C15H18N2O/c1-3-12-6-8-14(9-7-12)18-11-13-5-4-10-17-15(13)16-2/h4-10H,3,11H2,1-2H3,(H,16,17). The Morgan fingerprint density at radius 3 is 2.61 bits per heavy atom. The van der Waals surface area contributed by atoms with Crippen LogP contribution in [0.2, 0.25) is 0 Å². The predicted molar refractivity (Wildman–Crippen MR) is 73.9 cm³/mol. The summed E-state index contributed by atoms with van der Waals surface area (Å²) < 4.78 is 5.75. The van der Waals surface area contributed by atoms with Gasteiger partial charge in [0, 0.05) is 18.8 Å². The van der Waals surface area contributed by atoms with Gasteiger partial charge >= 0.3 is 0 Å². The zero-order valence-corrected chi connectivity index (χ0v) is 10.8. The highest BCUT2D eigenvalue weighted by molar-refractivity contribution is 5.42. The molecular weight excluding hydrogens is 224 g/mol. The van der Waals surface area contributed by atoms with E-state index in [-0.39, 0.29) is 0 Å². The molecule has 0 atom stereocenters. The van der Waals surface area contributed by atoms with Crippen molar-refractivity contribution in [3.8, 4) is 5.75 Å². The minimum atomic E-state index is 0.523. The summed E-state index contributed by atoms with van der Waals surface area (Å²) in [6.07, 6.45) is 2.82. The Balaban J connectivity index is 2.02. The van der Waals surface area contributed by atoms with Crippen molar-refractivity contribution >= 4 is 5.82 Å². The van der Waals surface area contributed by atoms with E-state index in [9.17, 15) is 0 Å². The van der Waals surface area contributed by atoms with E-state index in [1.165, 1.54) is 5.56 Å². The third-order valence-electron chi connectivity index (χ3n) is 2.85. The summed E-state index contributed by atoms with van der Waals surface area (Å²) in [6, 6.07) is 12.1. The summed E-state index contributed by atoms with van der Waals surface area (Å²) in [7, 11) is 1.86. The van der Waals surface area contributed by atoms with E-state index in [0.29, 0.717) is 6.61 Å². The smallest absolute Gasteiger partial charge is 0.132 e. The number of anilines is 1. The van der Waals surface area contributed by atoms with Gasteiger partial charge in [-0.05, 0) is 30.2 Å². The maximum absolute atomic E-state index is 5.75. The van der Waals surface area contributed by atoms with Gasteiger partial charge in [0.05, 0.1) is 0 Å². The fourth-order valence-electron chi connectivity index (χ4n) is 1.76. The molecule has 3 nitrogen and oxygen atoms in total. The summed E-state index contributed by atoms with van der Waals surface area (Å²) in [5.41, 5.74) is 2.37. The first-order chi connectivity index (χ1) is 8.83. The van der Waals surface area contributed by atoms with Gasteiger partial charge in [0.15, 0.2) is 0 Å². The summed E-state index contributed by atoms with van der Waals surface area (Å²) >= 11 is 0. The number of rotatable bonds is 5. The molecule has 1 heterocycles. The van der Waals surface area contributed by atoms with Crippen LogP contribution >= 0.6 is 0 Å². The molecule has 94 valence electrons. The number of hydrogen-bond acceptors (Lipinski definition) is 3. The summed E-state index contributed by atoms with van der Waals surface area (Å²) in [5.74, 6) is 1.75. The van der Waals surface area contributed by atoms with Gasteiger partial charge in [0.1, 0.15) is 18.2 Å². The van der Waals surface area contributed by atoms with Crippen molar-refractivity contribution in [2.24, 2.45) is 0 Å². The maximum Gasteiger partial charge on any atom is 0.132 e. The van der Waals surface area contributed by atoms with E-state index in [0.717, 1.165) is 23.6 Å². The highest BCUT2D eigenvalue weighted by atomic mass is 16.5. The van der Waals surface area contributed by atoms with Crippen LogP contribution in [0.15, 0.2) is 42.6 Å². The van der Waals surface area contributed by atoms with Crippen LogP contribution in [0, 0.1) is 0 Å². The van der Waals surface area contributed by atoms with Gasteiger partial charge in [0.2, 0.25) is 0 Å². The van der Waals surface area contributed by atoms with E-state index < -0.39 is 0 Å². The first kappa shape index (κ1) is 12.4. The highest BCUT2D eigenvalue weighted by Gasteiger charge is 2.02. The fraction of sp³-hybridized carbons (Fsp3) is 0.267. The van der Waals surface area contributed by atoms with E-state index >= 15 is 0 Å². The van der Waals surface area contributed by atoms with Crippen LogP contribution in [0.3, 0.4) is 0 Å². The van der Waals surface area contributed by atoms with Gasteiger partial charge in [-0.1, -0.05) is 25.1 Å². The molecule has 2 aromatic rings. The topological polar surface area (TPSA) is 34.1 Å². The van der Waals surface area contributed by atoms with Crippen molar-refractivity contribution in [1.82, 2.24) is 4.98 Å². The van der Waals surface area contributed by atoms with Gasteiger partial charge in [-0.15, -0.1) is 0 Å². The molecule has 18 heavy (non-hydrogen) atoms. The minimum absolute atomic E-state index is 0.523. The third kappa shape index (κ3) is 3.00. The van der Waals surface area contributed by atoms with Gasteiger partial charge in [-0.3, -0.25) is 0 Å². The molecule has 0 saturated carbocycles. The molecule has 0 radical (unpaired) electrons. The van der Waals surface area contributed by atoms with E-state index in [1.807, 2.05) is 31.3 Å². The SMILES string of the molecule is CCc1ccc(OCc2cccnc2NC)cc1. The average Bonchev–Trinajstić information content (AvgIpc) is 2.46. The van der Waals surface area contributed by atoms with Crippen molar-refractivity contribution < 1.29 is 4.74 Å². The third-order valence-corrected chi connectivity index (χ3v) is 2.85. The molecule has 1 aromatic heterocycles. The molecule has 0 aliphatic rings. The predicted octanol–water partition coefficient (Wildman–Crippen LogP) is 3.26. The minimum Gasteiger partial charge on any atom is -0.489 e. The van der Waals surface area contributed by atoms with E-state index in [2.05, 4.69) is 29.4 Å². The first-order valence-electron chi connectivity index (χ1n) is 6.17. The van der Waals surface area contributed by atoms with Crippen LogP contribution in [-0.2, 0) is 13.0 Å². The Morgan fingerprint density at radius 1 is 1.17 bits per heavy atom. The number of aromatic nitrogens is 1. The second kappa shape index (κ2) is 6.05. The summed E-state index contributed by atoms with van der Waals surface area (Å²) in [5, 5.41) is 3.06. The zero-order chi connectivity index (χ0) is 12.8. The lowest BCUT2D eigenvalue weighted by Gasteiger charge is -2.10. The van der Waals surface area contributed by atoms with Crippen molar-refractivity contribution in [3.05, 3.63) is 53.7 Å². The Labute approximate surface area is 108 Å². The molecule has 0 saturated heterocycles. The molecular formula is C15H18N2O. The Bertz CT molecular complexity index is 494. The molecule has 0 aliphatic heterocycles. The largest absolute Gasteiger partial charge is 0.489 e. The van der Waals surface area contributed by atoms with Crippen LogP contribution in [0.4, 0.5) is 5.82 Å². The first-order valence-corrected chi connectivity index (χ1v) is 6.17. The van der Waals surface area contributed by atoms with Gasteiger partial charge in [-0.25, -0.2) is 4.98 Å². The Hall–Kier alpha value is -2.03. The molecule has 0 fully saturated rings. The molecule has 1 aromatic carbocycles. The number of nitrogens with one attached hydrogen (secondary N) is 1. The van der Waals surface area contributed by atoms with Crippen LogP contribution in [-0.4, -0.2) is 12.0 Å². The van der Waals surface area contributed by atoms with E-state index in [1.54, 1.807) is 6.20 Å². The normalized spacial score (nSPS) is 10.1. The molecule has 0 spiro atoms. The van der Waals surface area contributed by atoms with Gasteiger partial charge in [-0.2, -0.15) is 0 Å². The second-order valence-corrected chi connectivity index (χ2v) is 4.05. The fourth-order valence-corrected chi connectivity index (χ4v) is 1.76. The summed E-state index contributed by atoms with van der Waals surface area (Å²) in [6.45, 7) is 2.67. The van der Waals surface area contributed by atoms with Crippen LogP contribution in [0.25, 0.3) is 0 Å². The van der Waals surface area contributed by atoms with Crippen molar-refractivity contribution in [3.63, 3.8) is 0 Å². The molecule has 2 rings (SSSR count). The number of hydrogen-bond donors (Lipinski definition) is 1. The molecule has 0 bridgehead atoms. The number of benzene rings is 1. The average molecular weight is 242 g/mol. The lowest BCUT2D eigenvalue weighted by atomic mass is 10.2. The number of nitrogens with zero attached hydrogens (tertiary/aromatic N) is 1. The number of aryl methyl sites for hydroxylation is 1. The zero-order valence-electron chi connectivity index (χ0n) is 10.8. The van der Waals surface area contributed by atoms with Crippen LogP contribution < -0.4 is 10.1 Å². The van der Waals surface area contributed by atoms with E-state index in [4.69, 9.17) is 4.74 Å². The Kier molecular flexibility index (Phi) is 4.18. The monoisotopic (exact) mass is 242 g/mol. The number of pyridine rings is 1. The quantitative estimate of drug-likeness (QED) is 0.873. The van der Waals surface area contributed by atoms with Gasteiger partial charge < -0.3 is 10.1 Å². The second-order valence-electron chi connectivity index (χ2n) is 4.05. The number of ether oxygens (including phenoxy) is 1. The van der Waals surface area contributed by atoms with Crippen molar-refractivity contribution in [1.29, 1.82) is 0 Å². The molecule has 1 N–H and O–H groups in total.